The molecule has 0 spiro atoms. The second kappa shape index (κ2) is 7.99. The standard InChI is InChI=1S/C20H21FN2O3/c1-14-3-2-4-18(9-14)26-13-19(24)22-11-15-10-20(25)23(12-15)17-7-5-16(21)6-8-17/h2-9,15H,10-13H2,1H3,(H,22,24)/t15-/m1/s1. The first-order valence-corrected chi connectivity index (χ1v) is 8.53. The fourth-order valence-electron chi connectivity index (χ4n) is 2.95. The number of halogens is 1. The van der Waals surface area contributed by atoms with E-state index in [9.17, 15) is 14.0 Å². The second-order valence-electron chi connectivity index (χ2n) is 6.46. The number of anilines is 1. The minimum Gasteiger partial charge on any atom is -0.484 e. The molecule has 0 saturated carbocycles. The van der Waals surface area contributed by atoms with Gasteiger partial charge in [-0.2, -0.15) is 0 Å². The third-order valence-electron chi connectivity index (χ3n) is 4.29. The van der Waals surface area contributed by atoms with Crippen LogP contribution in [0, 0.1) is 18.7 Å². The fourth-order valence-corrected chi connectivity index (χ4v) is 2.95. The SMILES string of the molecule is Cc1cccc(OCC(=O)NC[C@H]2CC(=O)N(c3ccc(F)cc3)C2)c1. The van der Waals surface area contributed by atoms with Crippen LogP contribution in [0.15, 0.2) is 48.5 Å². The van der Waals surface area contributed by atoms with Crippen LogP contribution in [-0.2, 0) is 9.59 Å². The van der Waals surface area contributed by atoms with Gasteiger partial charge >= 0.3 is 0 Å². The second-order valence-corrected chi connectivity index (χ2v) is 6.46. The van der Waals surface area contributed by atoms with Crippen molar-refractivity contribution in [1.82, 2.24) is 5.32 Å². The Bertz CT molecular complexity index is 792. The maximum Gasteiger partial charge on any atom is 0.257 e. The molecule has 0 aromatic heterocycles. The lowest BCUT2D eigenvalue weighted by atomic mass is 10.1. The molecule has 1 aliphatic heterocycles. The Morgan fingerprint density at radius 2 is 2.04 bits per heavy atom. The van der Waals surface area contributed by atoms with Crippen molar-refractivity contribution in [3.05, 3.63) is 59.9 Å². The number of carbonyl (C=O) groups is 2. The number of benzene rings is 2. The van der Waals surface area contributed by atoms with E-state index in [0.29, 0.717) is 30.9 Å². The molecular weight excluding hydrogens is 335 g/mol. The molecule has 1 N–H and O–H groups in total. The molecule has 1 atom stereocenters. The van der Waals surface area contributed by atoms with Crippen LogP contribution >= 0.6 is 0 Å². The largest absolute Gasteiger partial charge is 0.484 e. The van der Waals surface area contributed by atoms with E-state index in [0.717, 1.165) is 5.56 Å². The van der Waals surface area contributed by atoms with Crippen molar-refractivity contribution in [3.63, 3.8) is 0 Å². The summed E-state index contributed by atoms with van der Waals surface area (Å²) in [5.41, 5.74) is 1.74. The van der Waals surface area contributed by atoms with Crippen molar-refractivity contribution in [2.24, 2.45) is 5.92 Å². The van der Waals surface area contributed by atoms with Crippen molar-refractivity contribution in [2.45, 2.75) is 13.3 Å². The lowest BCUT2D eigenvalue weighted by Gasteiger charge is -2.17. The summed E-state index contributed by atoms with van der Waals surface area (Å²) in [6, 6.07) is 13.3. The first-order valence-electron chi connectivity index (χ1n) is 8.53. The molecule has 2 aromatic carbocycles. The first kappa shape index (κ1) is 17.9. The van der Waals surface area contributed by atoms with Gasteiger partial charge in [-0.1, -0.05) is 12.1 Å². The van der Waals surface area contributed by atoms with Gasteiger partial charge in [0.1, 0.15) is 11.6 Å². The smallest absolute Gasteiger partial charge is 0.257 e. The lowest BCUT2D eigenvalue weighted by Crippen LogP contribution is -2.34. The Labute approximate surface area is 151 Å². The van der Waals surface area contributed by atoms with Crippen LogP contribution in [0.25, 0.3) is 0 Å². The number of rotatable bonds is 6. The number of ether oxygens (including phenoxy) is 1. The molecule has 0 bridgehead atoms. The van der Waals surface area contributed by atoms with E-state index >= 15 is 0 Å². The van der Waals surface area contributed by atoms with Crippen LogP contribution in [0.1, 0.15) is 12.0 Å². The zero-order valence-corrected chi connectivity index (χ0v) is 14.6. The average Bonchev–Trinajstić information content (AvgIpc) is 3.00. The molecule has 5 nitrogen and oxygen atoms in total. The van der Waals surface area contributed by atoms with E-state index in [1.54, 1.807) is 23.1 Å². The van der Waals surface area contributed by atoms with Gasteiger partial charge in [0.05, 0.1) is 0 Å². The number of nitrogens with one attached hydrogen (secondary N) is 1. The summed E-state index contributed by atoms with van der Waals surface area (Å²) in [6.07, 6.45) is 0.358. The van der Waals surface area contributed by atoms with Crippen LogP contribution in [-0.4, -0.2) is 31.5 Å². The Morgan fingerprint density at radius 1 is 1.27 bits per heavy atom. The zero-order valence-electron chi connectivity index (χ0n) is 14.6. The van der Waals surface area contributed by atoms with Crippen LogP contribution in [0.4, 0.5) is 10.1 Å². The topological polar surface area (TPSA) is 58.6 Å². The number of nitrogens with zero attached hydrogens (tertiary/aromatic N) is 1. The number of hydrogen-bond acceptors (Lipinski definition) is 3. The summed E-state index contributed by atoms with van der Waals surface area (Å²) >= 11 is 0. The maximum atomic E-state index is 13.0. The summed E-state index contributed by atoms with van der Waals surface area (Å²) in [5.74, 6) is 0.0954. The normalized spacial score (nSPS) is 16.6. The molecule has 0 aliphatic carbocycles. The van der Waals surface area contributed by atoms with Gasteiger partial charge in [-0.3, -0.25) is 9.59 Å². The maximum absolute atomic E-state index is 13.0. The number of amides is 2. The fraction of sp³-hybridized carbons (Fsp3) is 0.300. The molecule has 1 aliphatic rings. The summed E-state index contributed by atoms with van der Waals surface area (Å²) in [6.45, 7) is 2.80. The monoisotopic (exact) mass is 356 g/mol. The number of hydrogen-bond donors (Lipinski definition) is 1. The molecule has 1 saturated heterocycles. The Morgan fingerprint density at radius 3 is 2.77 bits per heavy atom. The van der Waals surface area contributed by atoms with Gasteiger partial charge in [0.25, 0.3) is 5.91 Å². The van der Waals surface area contributed by atoms with Crippen molar-refractivity contribution in [3.8, 4) is 5.75 Å². The van der Waals surface area contributed by atoms with Gasteiger partial charge in [0.15, 0.2) is 6.61 Å². The van der Waals surface area contributed by atoms with E-state index in [1.165, 1.54) is 12.1 Å². The highest BCUT2D eigenvalue weighted by atomic mass is 19.1. The predicted octanol–water partition coefficient (Wildman–Crippen LogP) is 2.68. The van der Waals surface area contributed by atoms with E-state index in [4.69, 9.17) is 4.74 Å². The van der Waals surface area contributed by atoms with E-state index < -0.39 is 0 Å². The minimum atomic E-state index is -0.335. The quantitative estimate of drug-likeness (QED) is 0.866. The van der Waals surface area contributed by atoms with Crippen LogP contribution < -0.4 is 15.0 Å². The molecule has 136 valence electrons. The summed E-state index contributed by atoms with van der Waals surface area (Å²) < 4.78 is 18.5. The van der Waals surface area contributed by atoms with Crippen molar-refractivity contribution in [1.29, 1.82) is 0 Å². The average molecular weight is 356 g/mol. The van der Waals surface area contributed by atoms with Crippen molar-refractivity contribution >= 4 is 17.5 Å². The van der Waals surface area contributed by atoms with Crippen LogP contribution in [0.2, 0.25) is 0 Å². The summed E-state index contributed by atoms with van der Waals surface area (Å²) in [5, 5.41) is 2.81. The molecular formula is C20H21FN2O3. The number of carbonyl (C=O) groups excluding carboxylic acids is 2. The van der Waals surface area contributed by atoms with E-state index in [-0.39, 0.29) is 30.2 Å². The third-order valence-corrected chi connectivity index (χ3v) is 4.29. The zero-order chi connectivity index (χ0) is 18.5. The van der Waals surface area contributed by atoms with Gasteiger partial charge < -0.3 is 15.0 Å². The molecule has 2 amide bonds. The molecule has 2 aromatic rings. The van der Waals surface area contributed by atoms with Gasteiger partial charge in [0, 0.05) is 31.1 Å². The van der Waals surface area contributed by atoms with Gasteiger partial charge in [-0.15, -0.1) is 0 Å². The van der Waals surface area contributed by atoms with E-state index in [2.05, 4.69) is 5.32 Å². The highest BCUT2D eigenvalue weighted by Gasteiger charge is 2.30. The summed E-state index contributed by atoms with van der Waals surface area (Å²) in [7, 11) is 0. The van der Waals surface area contributed by atoms with Crippen molar-refractivity contribution in [2.75, 3.05) is 24.6 Å². The van der Waals surface area contributed by atoms with Gasteiger partial charge in [0.2, 0.25) is 5.91 Å². The highest BCUT2D eigenvalue weighted by Crippen LogP contribution is 2.24. The summed E-state index contributed by atoms with van der Waals surface area (Å²) in [4.78, 5) is 25.7. The third kappa shape index (κ3) is 4.59. The Kier molecular flexibility index (Phi) is 5.51. The van der Waals surface area contributed by atoms with Gasteiger partial charge in [-0.25, -0.2) is 4.39 Å². The predicted molar refractivity (Wildman–Crippen MR) is 96.5 cm³/mol. The molecule has 26 heavy (non-hydrogen) atoms. The molecule has 1 heterocycles. The molecule has 6 heteroatoms. The van der Waals surface area contributed by atoms with Crippen molar-refractivity contribution < 1.29 is 18.7 Å². The van der Waals surface area contributed by atoms with Crippen LogP contribution in [0.5, 0.6) is 5.75 Å². The Balaban J connectivity index is 1.45. The molecule has 0 unspecified atom stereocenters. The lowest BCUT2D eigenvalue weighted by molar-refractivity contribution is -0.123. The minimum absolute atomic E-state index is 0.0214. The molecule has 1 fully saturated rings. The molecule has 3 rings (SSSR count). The first-order chi connectivity index (χ1) is 12.5. The van der Waals surface area contributed by atoms with Gasteiger partial charge in [-0.05, 0) is 48.9 Å². The molecule has 0 radical (unpaired) electrons. The number of aryl methyl sites for hydroxylation is 1. The van der Waals surface area contributed by atoms with E-state index in [1.807, 2.05) is 25.1 Å². The highest BCUT2D eigenvalue weighted by molar-refractivity contribution is 5.95. The Hall–Kier alpha value is -2.89. The van der Waals surface area contributed by atoms with Crippen LogP contribution in [0.3, 0.4) is 0 Å².